The molecule has 4 aliphatic rings. The van der Waals surface area contributed by atoms with Gasteiger partial charge in [0.25, 0.3) is 5.91 Å². The number of halogens is 1. The Kier molecular flexibility index (Phi) is 5.75. The standard InChI is InChI=1S/C21H24ClN5OS/c22-16-3-1-13(2-4-16)17(10-23)19(26-27-21(24)29)20(28)25-18-14-6-11-5-12(8-14)9-15(18)7-11/h1-4,11-12,14-15,17-18H,5-9H2,(H,25,28)(H3,24,27,29)/b26-19+/t11?,12?,14?,15?,17-,18?/m0/s1. The number of benzene rings is 1. The molecule has 0 heterocycles. The van der Waals surface area contributed by atoms with E-state index in [1.165, 1.54) is 32.1 Å². The first-order valence-electron chi connectivity index (χ1n) is 10.0. The summed E-state index contributed by atoms with van der Waals surface area (Å²) < 4.78 is 0. The number of nitriles is 1. The molecule has 4 fully saturated rings. The minimum Gasteiger partial charge on any atom is -0.375 e. The summed E-state index contributed by atoms with van der Waals surface area (Å²) >= 11 is 10.8. The lowest BCUT2D eigenvalue weighted by molar-refractivity contribution is -0.118. The number of amides is 1. The molecule has 152 valence electrons. The van der Waals surface area contributed by atoms with Gasteiger partial charge in [-0.25, -0.2) is 0 Å². The van der Waals surface area contributed by atoms with Gasteiger partial charge in [0.2, 0.25) is 0 Å². The first-order valence-corrected chi connectivity index (χ1v) is 10.8. The number of carbonyl (C=O) groups is 1. The van der Waals surface area contributed by atoms with Crippen LogP contribution < -0.4 is 16.5 Å². The molecule has 4 N–H and O–H groups in total. The fraction of sp³-hybridized carbons (Fsp3) is 0.524. The van der Waals surface area contributed by atoms with E-state index in [1.807, 2.05) is 0 Å². The van der Waals surface area contributed by atoms with Gasteiger partial charge in [-0.3, -0.25) is 10.2 Å². The Hall–Kier alpha value is -2.17. The van der Waals surface area contributed by atoms with E-state index in [0.717, 1.165) is 11.8 Å². The molecule has 6 nitrogen and oxygen atoms in total. The normalized spacial score (nSPS) is 31.0. The number of hydrogen-bond acceptors (Lipinski definition) is 4. The number of rotatable bonds is 5. The second kappa shape index (κ2) is 8.29. The summed E-state index contributed by atoms with van der Waals surface area (Å²) in [5.41, 5.74) is 8.69. The molecule has 4 bridgehead atoms. The topological polar surface area (TPSA) is 103 Å². The summed E-state index contributed by atoms with van der Waals surface area (Å²) in [7, 11) is 0. The highest BCUT2D eigenvalue weighted by Gasteiger charge is 2.49. The Balaban J connectivity index is 1.57. The smallest absolute Gasteiger partial charge is 0.269 e. The van der Waals surface area contributed by atoms with Crippen LogP contribution in [0.1, 0.15) is 43.6 Å². The highest BCUT2D eigenvalue weighted by molar-refractivity contribution is 7.80. The van der Waals surface area contributed by atoms with Crippen LogP contribution in [0.3, 0.4) is 0 Å². The van der Waals surface area contributed by atoms with E-state index in [2.05, 4.69) is 21.9 Å². The van der Waals surface area contributed by atoms with Crippen LogP contribution in [0.25, 0.3) is 0 Å². The molecule has 1 aromatic carbocycles. The van der Waals surface area contributed by atoms with Crippen LogP contribution in [0.4, 0.5) is 0 Å². The van der Waals surface area contributed by atoms with Gasteiger partial charge in [0.1, 0.15) is 11.6 Å². The van der Waals surface area contributed by atoms with Crippen molar-refractivity contribution in [2.75, 3.05) is 0 Å². The van der Waals surface area contributed by atoms with Gasteiger partial charge in [-0.1, -0.05) is 23.7 Å². The van der Waals surface area contributed by atoms with Gasteiger partial charge in [-0.2, -0.15) is 10.4 Å². The van der Waals surface area contributed by atoms with Crippen molar-refractivity contribution in [3.05, 3.63) is 34.9 Å². The van der Waals surface area contributed by atoms with Crippen molar-refractivity contribution in [2.45, 2.75) is 44.1 Å². The van der Waals surface area contributed by atoms with Crippen LogP contribution in [0, 0.1) is 35.0 Å². The minimum atomic E-state index is -0.856. The van der Waals surface area contributed by atoms with Gasteiger partial charge in [0.05, 0.1) is 6.07 Å². The summed E-state index contributed by atoms with van der Waals surface area (Å²) in [6, 6.07) is 9.16. The molecular formula is C21H24ClN5OS. The number of carbonyl (C=O) groups excluding carboxylic acids is 1. The van der Waals surface area contributed by atoms with Crippen LogP contribution in [0.5, 0.6) is 0 Å². The third kappa shape index (κ3) is 4.24. The van der Waals surface area contributed by atoms with Crippen LogP contribution in [-0.4, -0.2) is 22.8 Å². The Morgan fingerprint density at radius 1 is 1.17 bits per heavy atom. The second-order valence-electron chi connectivity index (χ2n) is 8.52. The Bertz CT molecular complexity index is 850. The van der Waals surface area contributed by atoms with Crippen molar-refractivity contribution in [3.8, 4) is 6.07 Å². The maximum Gasteiger partial charge on any atom is 0.269 e. The van der Waals surface area contributed by atoms with Gasteiger partial charge in [0.15, 0.2) is 5.11 Å². The Morgan fingerprint density at radius 3 is 2.28 bits per heavy atom. The van der Waals surface area contributed by atoms with Crippen LogP contribution in [-0.2, 0) is 4.79 Å². The van der Waals surface area contributed by atoms with Crippen molar-refractivity contribution >= 4 is 40.6 Å². The van der Waals surface area contributed by atoms with Gasteiger partial charge >= 0.3 is 0 Å². The van der Waals surface area contributed by atoms with Crippen molar-refractivity contribution < 1.29 is 4.79 Å². The average molecular weight is 430 g/mol. The van der Waals surface area contributed by atoms with E-state index in [-0.39, 0.29) is 22.8 Å². The van der Waals surface area contributed by atoms with E-state index in [1.54, 1.807) is 24.3 Å². The van der Waals surface area contributed by atoms with Crippen LogP contribution >= 0.6 is 23.8 Å². The molecule has 4 aliphatic carbocycles. The predicted octanol–water partition coefficient (Wildman–Crippen LogP) is 3.08. The summed E-state index contributed by atoms with van der Waals surface area (Å²) in [4.78, 5) is 13.2. The summed E-state index contributed by atoms with van der Waals surface area (Å²) in [5, 5.41) is 17.6. The van der Waals surface area contributed by atoms with Crippen molar-refractivity contribution in [1.29, 1.82) is 5.26 Å². The van der Waals surface area contributed by atoms with Crippen molar-refractivity contribution in [3.63, 3.8) is 0 Å². The Labute approximate surface area is 180 Å². The molecule has 8 heteroatoms. The summed E-state index contributed by atoms with van der Waals surface area (Å²) in [6.07, 6.45) is 6.11. The number of nitrogens with one attached hydrogen (secondary N) is 2. The van der Waals surface area contributed by atoms with Crippen molar-refractivity contribution in [1.82, 2.24) is 10.7 Å². The summed E-state index contributed by atoms with van der Waals surface area (Å²) in [5.74, 6) is 1.48. The largest absolute Gasteiger partial charge is 0.375 e. The molecule has 0 radical (unpaired) electrons. The molecule has 29 heavy (non-hydrogen) atoms. The first kappa shape index (κ1) is 20.1. The average Bonchev–Trinajstić information content (AvgIpc) is 2.68. The fourth-order valence-corrected chi connectivity index (χ4v) is 5.87. The molecular weight excluding hydrogens is 406 g/mol. The van der Waals surface area contributed by atoms with E-state index < -0.39 is 5.92 Å². The van der Waals surface area contributed by atoms with Crippen LogP contribution in [0.15, 0.2) is 29.4 Å². The fourth-order valence-electron chi connectivity index (χ4n) is 5.70. The summed E-state index contributed by atoms with van der Waals surface area (Å²) in [6.45, 7) is 0. The zero-order valence-corrected chi connectivity index (χ0v) is 17.5. The van der Waals surface area contributed by atoms with Gasteiger partial charge in [-0.15, -0.1) is 0 Å². The minimum absolute atomic E-state index is 0.0577. The number of nitrogens with two attached hydrogens (primary N) is 1. The number of nitrogens with zero attached hydrogens (tertiary/aromatic N) is 2. The molecule has 1 amide bonds. The molecule has 0 spiro atoms. The molecule has 0 unspecified atom stereocenters. The van der Waals surface area contributed by atoms with Gasteiger partial charge in [-0.05, 0) is 85.7 Å². The second-order valence-corrected chi connectivity index (χ2v) is 9.39. The Morgan fingerprint density at radius 2 is 1.76 bits per heavy atom. The quantitative estimate of drug-likeness (QED) is 0.379. The van der Waals surface area contributed by atoms with E-state index in [9.17, 15) is 10.1 Å². The number of hydrazone groups is 1. The lowest BCUT2D eigenvalue weighted by atomic mass is 9.54. The maximum atomic E-state index is 13.2. The van der Waals surface area contributed by atoms with E-state index >= 15 is 0 Å². The molecule has 0 saturated heterocycles. The molecule has 4 saturated carbocycles. The van der Waals surface area contributed by atoms with Gasteiger partial charge < -0.3 is 11.1 Å². The molecule has 1 aromatic rings. The van der Waals surface area contributed by atoms with Crippen molar-refractivity contribution in [2.24, 2.45) is 34.5 Å². The highest BCUT2D eigenvalue weighted by atomic mass is 35.5. The third-order valence-corrected chi connectivity index (χ3v) is 6.99. The zero-order chi connectivity index (χ0) is 20.5. The number of hydrogen-bond donors (Lipinski definition) is 3. The monoisotopic (exact) mass is 429 g/mol. The maximum absolute atomic E-state index is 13.2. The van der Waals surface area contributed by atoms with Gasteiger partial charge in [0, 0.05) is 11.1 Å². The van der Waals surface area contributed by atoms with Crippen LogP contribution in [0.2, 0.25) is 5.02 Å². The molecule has 0 aromatic heterocycles. The SMILES string of the molecule is N#C[C@H](/C(=N\NC(N)=S)C(=O)NC1C2CC3CC(C2)CC1C3)c1ccc(Cl)cc1. The highest BCUT2D eigenvalue weighted by Crippen LogP contribution is 2.53. The third-order valence-electron chi connectivity index (χ3n) is 6.65. The first-order chi connectivity index (χ1) is 13.9. The predicted molar refractivity (Wildman–Crippen MR) is 116 cm³/mol. The lowest BCUT2D eigenvalue weighted by Crippen LogP contribution is -2.57. The molecule has 0 aliphatic heterocycles. The molecule has 5 rings (SSSR count). The zero-order valence-electron chi connectivity index (χ0n) is 16.0. The number of thiocarbonyl (C=S) groups is 1. The van der Waals surface area contributed by atoms with E-state index in [0.29, 0.717) is 22.4 Å². The molecule has 1 atom stereocenters. The van der Waals surface area contributed by atoms with E-state index in [4.69, 9.17) is 29.6 Å². The lowest BCUT2D eigenvalue weighted by Gasteiger charge is -2.54.